The van der Waals surface area contributed by atoms with Gasteiger partial charge in [0, 0.05) is 0 Å². The summed E-state index contributed by atoms with van der Waals surface area (Å²) in [6, 6.07) is 0. The van der Waals surface area contributed by atoms with Crippen LogP contribution < -0.4 is 2.59 Å². The molecule has 3 rings (SSSR count). The van der Waals surface area contributed by atoms with Crippen LogP contribution >= 0.6 is 23.7 Å². The average Bonchev–Trinajstić information content (AvgIpc) is 2.96. The van der Waals surface area contributed by atoms with Gasteiger partial charge in [-0.1, -0.05) is 0 Å². The van der Waals surface area contributed by atoms with Gasteiger partial charge in [-0.15, -0.1) is 12.4 Å². The predicted octanol–water partition coefficient (Wildman–Crippen LogP) is 4.03. The summed E-state index contributed by atoms with van der Waals surface area (Å²) < 4.78 is 1.53. The summed E-state index contributed by atoms with van der Waals surface area (Å²) in [7, 11) is 0. The molecule has 0 N–H and O–H groups in total. The number of rotatable bonds is 2. The van der Waals surface area contributed by atoms with Crippen LogP contribution in [-0.4, -0.2) is 0 Å². The quantitative estimate of drug-likeness (QED) is 0.763. The van der Waals surface area contributed by atoms with E-state index < -0.39 is 0 Å². The summed E-state index contributed by atoms with van der Waals surface area (Å²) in [6.45, 7) is 0. The van der Waals surface area contributed by atoms with E-state index in [1.165, 1.54) is 49.6 Å². The fourth-order valence-corrected chi connectivity index (χ4v) is 4.22. The van der Waals surface area contributed by atoms with Crippen molar-refractivity contribution in [2.45, 2.75) is 12.8 Å². The second kappa shape index (κ2) is 5.65. The van der Waals surface area contributed by atoms with E-state index in [1.54, 1.807) is 0 Å². The number of hydrogen-bond acceptors (Lipinski definition) is 1. The third-order valence-electron chi connectivity index (χ3n) is 3.00. The summed E-state index contributed by atoms with van der Waals surface area (Å²) >= 11 is 3.44. The van der Waals surface area contributed by atoms with Crippen molar-refractivity contribution in [3.63, 3.8) is 0 Å². The zero-order valence-corrected chi connectivity index (χ0v) is 13.4. The van der Waals surface area contributed by atoms with Gasteiger partial charge in [0.15, 0.2) is 0 Å². The number of halogens is 1. The second-order valence-corrected chi connectivity index (χ2v) is 7.00. The molecule has 0 aliphatic heterocycles. The number of thiophene rings is 1. The van der Waals surface area contributed by atoms with Crippen LogP contribution in [-0.2, 0) is 24.7 Å². The first-order valence-electron chi connectivity index (χ1n) is 5.41. The van der Waals surface area contributed by atoms with E-state index in [2.05, 4.69) is 41.8 Å². The first-order chi connectivity index (χ1) is 7.86. The molecule has 0 spiro atoms. The first-order valence-corrected chi connectivity index (χ1v) is 7.52. The SMILES string of the molecule is Cl.[Zr][c]1scc(C2=CC=CC2)c1C1=CC=CC1. The molecule has 3 heteroatoms. The Morgan fingerprint density at radius 3 is 2.24 bits per heavy atom. The molecule has 0 nitrogen and oxygen atoms in total. The fourth-order valence-electron chi connectivity index (χ4n) is 2.19. The van der Waals surface area contributed by atoms with Crippen molar-refractivity contribution in [3.8, 4) is 0 Å². The van der Waals surface area contributed by atoms with E-state index in [0.29, 0.717) is 0 Å². The van der Waals surface area contributed by atoms with Crippen molar-refractivity contribution in [1.82, 2.24) is 0 Å². The van der Waals surface area contributed by atoms with Crippen LogP contribution in [0.4, 0.5) is 0 Å². The van der Waals surface area contributed by atoms with Gasteiger partial charge < -0.3 is 0 Å². The maximum atomic E-state index is 2.33. The monoisotopic (exact) mass is 337 g/mol. The third-order valence-corrected chi connectivity index (χ3v) is 5.28. The van der Waals surface area contributed by atoms with Gasteiger partial charge in [0.2, 0.25) is 0 Å². The zero-order chi connectivity index (χ0) is 11.0. The van der Waals surface area contributed by atoms with Gasteiger partial charge in [0.05, 0.1) is 0 Å². The topological polar surface area (TPSA) is 0 Å². The van der Waals surface area contributed by atoms with E-state index in [0.717, 1.165) is 12.8 Å². The van der Waals surface area contributed by atoms with Crippen LogP contribution in [0.15, 0.2) is 41.8 Å². The van der Waals surface area contributed by atoms with Gasteiger partial charge in [-0.05, 0) is 0 Å². The Morgan fingerprint density at radius 2 is 1.65 bits per heavy atom. The standard InChI is InChI=1S/C14H11S.ClH.Zr/c1-2-6-11(5-1)13-9-15-10-14(13)12-7-3-4-8-12;;/h1-5,7,9H,6,8H2;1H;. The summed E-state index contributed by atoms with van der Waals surface area (Å²) in [5.74, 6) is 0. The fraction of sp³-hybridized carbons (Fsp3) is 0.143. The summed E-state index contributed by atoms with van der Waals surface area (Å²) in [5.41, 5.74) is 5.96. The Labute approximate surface area is 127 Å². The molecule has 1 aromatic rings. The van der Waals surface area contributed by atoms with Crippen molar-refractivity contribution in [1.29, 1.82) is 0 Å². The number of allylic oxidation sites excluding steroid dienone is 8. The Balaban J connectivity index is 0.00000108. The summed E-state index contributed by atoms with van der Waals surface area (Å²) in [5, 5.41) is 2.33. The van der Waals surface area contributed by atoms with Crippen LogP contribution in [0.5, 0.6) is 0 Å². The molecule has 85 valence electrons. The van der Waals surface area contributed by atoms with Gasteiger partial charge in [-0.3, -0.25) is 0 Å². The molecule has 17 heavy (non-hydrogen) atoms. The minimum atomic E-state index is 0. The van der Waals surface area contributed by atoms with E-state index in [9.17, 15) is 0 Å². The molecule has 2 aliphatic rings. The van der Waals surface area contributed by atoms with Crippen molar-refractivity contribution in [2.24, 2.45) is 0 Å². The van der Waals surface area contributed by atoms with Crippen molar-refractivity contribution >= 4 is 37.5 Å². The van der Waals surface area contributed by atoms with Crippen molar-refractivity contribution in [3.05, 3.63) is 53.0 Å². The van der Waals surface area contributed by atoms with Gasteiger partial charge in [0.1, 0.15) is 0 Å². The molecular weight excluding hydrogens is 327 g/mol. The van der Waals surface area contributed by atoms with E-state index >= 15 is 0 Å². The average molecular weight is 339 g/mol. The Bertz CT molecular complexity index is 547. The molecule has 0 amide bonds. The minimum absolute atomic E-state index is 0. The molecule has 1 heterocycles. The Morgan fingerprint density at radius 1 is 1.00 bits per heavy atom. The van der Waals surface area contributed by atoms with E-state index in [4.69, 9.17) is 0 Å². The molecular formula is C14H12ClSZr. The summed E-state index contributed by atoms with van der Waals surface area (Å²) in [4.78, 5) is 0. The molecule has 2 aliphatic carbocycles. The summed E-state index contributed by atoms with van der Waals surface area (Å²) in [6.07, 6.45) is 15.5. The molecule has 0 bridgehead atoms. The van der Waals surface area contributed by atoms with E-state index in [-0.39, 0.29) is 12.4 Å². The molecule has 1 aromatic heterocycles. The molecule has 0 atom stereocenters. The van der Waals surface area contributed by atoms with Gasteiger partial charge in [-0.25, -0.2) is 0 Å². The molecule has 0 fully saturated rings. The van der Waals surface area contributed by atoms with Crippen LogP contribution in [0, 0.1) is 0 Å². The second-order valence-electron chi connectivity index (χ2n) is 4.00. The Kier molecular flexibility index (Phi) is 4.41. The van der Waals surface area contributed by atoms with Gasteiger partial charge in [-0.2, -0.15) is 0 Å². The molecule has 0 aromatic carbocycles. The maximum absolute atomic E-state index is 2.33. The van der Waals surface area contributed by atoms with Gasteiger partial charge >= 0.3 is 116 Å². The van der Waals surface area contributed by atoms with Crippen molar-refractivity contribution in [2.75, 3.05) is 0 Å². The molecule has 0 radical (unpaired) electrons. The van der Waals surface area contributed by atoms with E-state index in [1.807, 2.05) is 11.3 Å². The third kappa shape index (κ3) is 2.50. The predicted molar refractivity (Wildman–Crippen MR) is 74.7 cm³/mol. The normalized spacial score (nSPS) is 16.9. The Hall–Kier alpha value is -0.167. The van der Waals surface area contributed by atoms with Crippen LogP contribution in [0.3, 0.4) is 0 Å². The zero-order valence-electron chi connectivity index (χ0n) is 9.27. The van der Waals surface area contributed by atoms with Crippen LogP contribution in [0.2, 0.25) is 0 Å². The van der Waals surface area contributed by atoms with Crippen LogP contribution in [0.1, 0.15) is 24.0 Å². The first kappa shape index (κ1) is 13.3. The van der Waals surface area contributed by atoms with Crippen molar-refractivity contribution < 1.29 is 24.7 Å². The number of hydrogen-bond donors (Lipinski definition) is 0. The molecule has 0 saturated carbocycles. The van der Waals surface area contributed by atoms with Crippen LogP contribution in [0.25, 0.3) is 11.1 Å². The van der Waals surface area contributed by atoms with Gasteiger partial charge in [0.25, 0.3) is 0 Å². The molecule has 0 unspecified atom stereocenters. The molecule has 0 saturated heterocycles.